The van der Waals surface area contributed by atoms with Gasteiger partial charge in [0.25, 0.3) is 0 Å². The zero-order chi connectivity index (χ0) is 8.72. The summed E-state index contributed by atoms with van der Waals surface area (Å²) < 4.78 is 13.2. The monoisotopic (exact) mass is 204 g/mol. The van der Waals surface area contributed by atoms with Gasteiger partial charge in [0.05, 0.1) is 21.9 Å². The van der Waals surface area contributed by atoms with Gasteiger partial charge in [-0.15, -0.1) is 0 Å². The van der Waals surface area contributed by atoms with Crippen LogP contribution in [0, 0.1) is 5.82 Å². The number of aromatic nitrogens is 2. The lowest BCUT2D eigenvalue weighted by molar-refractivity contribution is 0.638. The first-order chi connectivity index (χ1) is 5.70. The van der Waals surface area contributed by atoms with Crippen LogP contribution in [0.4, 0.5) is 4.39 Å². The minimum atomic E-state index is -0.583. The standard InChI is InChI=1S/C7H3Cl2FN2/c8-3-1-4-7(12-2-11-4)6(10)5(3)9/h1-2H,(H,11,12). The van der Waals surface area contributed by atoms with Crippen molar-refractivity contribution < 1.29 is 4.39 Å². The maximum atomic E-state index is 13.2. The number of hydrogen-bond acceptors (Lipinski definition) is 1. The Balaban J connectivity index is 2.94. The van der Waals surface area contributed by atoms with E-state index in [1.54, 1.807) is 0 Å². The minimum Gasteiger partial charge on any atom is -0.344 e. The third kappa shape index (κ3) is 0.974. The van der Waals surface area contributed by atoms with Gasteiger partial charge in [-0.05, 0) is 6.07 Å². The summed E-state index contributed by atoms with van der Waals surface area (Å²) >= 11 is 11.2. The normalized spacial score (nSPS) is 10.9. The molecule has 0 bridgehead atoms. The number of aromatic amines is 1. The SMILES string of the molecule is Fc1c(Cl)c(Cl)cc2[nH]cnc12. The first-order valence-corrected chi connectivity index (χ1v) is 3.92. The quantitative estimate of drug-likeness (QED) is 0.658. The molecule has 12 heavy (non-hydrogen) atoms. The van der Waals surface area contributed by atoms with E-state index in [0.717, 1.165) is 0 Å². The average Bonchev–Trinajstić information content (AvgIpc) is 2.48. The number of H-pyrrole nitrogens is 1. The largest absolute Gasteiger partial charge is 0.344 e. The fourth-order valence-electron chi connectivity index (χ4n) is 0.988. The maximum Gasteiger partial charge on any atom is 0.171 e. The van der Waals surface area contributed by atoms with Gasteiger partial charge in [-0.1, -0.05) is 23.2 Å². The third-order valence-corrected chi connectivity index (χ3v) is 2.31. The zero-order valence-corrected chi connectivity index (χ0v) is 7.25. The number of imidazole rings is 1. The maximum absolute atomic E-state index is 13.2. The average molecular weight is 205 g/mol. The smallest absolute Gasteiger partial charge is 0.171 e. The van der Waals surface area contributed by atoms with Crippen LogP contribution in [-0.4, -0.2) is 9.97 Å². The molecule has 0 saturated carbocycles. The summed E-state index contributed by atoms with van der Waals surface area (Å²) in [5, 5.41) is 0.0992. The number of nitrogens with one attached hydrogen (secondary N) is 1. The molecule has 2 nitrogen and oxygen atoms in total. The van der Waals surface area contributed by atoms with Crippen LogP contribution in [0.2, 0.25) is 10.0 Å². The molecular formula is C7H3Cl2FN2. The molecule has 0 amide bonds. The van der Waals surface area contributed by atoms with Gasteiger partial charge < -0.3 is 4.98 Å². The second-order valence-corrected chi connectivity index (χ2v) is 3.07. The fraction of sp³-hybridized carbons (Fsp3) is 0. The Morgan fingerprint density at radius 1 is 1.42 bits per heavy atom. The number of hydrogen-bond donors (Lipinski definition) is 1. The second-order valence-electron chi connectivity index (χ2n) is 2.29. The topological polar surface area (TPSA) is 28.7 Å². The summed E-state index contributed by atoms with van der Waals surface area (Å²) in [5.41, 5.74) is 0.756. The van der Waals surface area contributed by atoms with Crippen molar-refractivity contribution in [3.05, 3.63) is 28.3 Å². The van der Waals surface area contributed by atoms with Crippen molar-refractivity contribution in [2.45, 2.75) is 0 Å². The summed E-state index contributed by atoms with van der Waals surface area (Å²) in [6.45, 7) is 0. The molecule has 0 spiro atoms. The zero-order valence-electron chi connectivity index (χ0n) is 5.74. The Labute approximate surface area is 77.3 Å². The fourth-order valence-corrected chi connectivity index (χ4v) is 1.32. The lowest BCUT2D eigenvalue weighted by atomic mass is 10.3. The van der Waals surface area contributed by atoms with E-state index in [-0.39, 0.29) is 15.6 Å². The predicted octanol–water partition coefficient (Wildman–Crippen LogP) is 3.01. The van der Waals surface area contributed by atoms with Crippen molar-refractivity contribution in [2.24, 2.45) is 0 Å². The van der Waals surface area contributed by atoms with Crippen molar-refractivity contribution in [1.82, 2.24) is 9.97 Å². The first kappa shape index (κ1) is 7.83. The lowest BCUT2D eigenvalue weighted by Gasteiger charge is -1.97. The molecule has 1 aromatic carbocycles. The highest BCUT2D eigenvalue weighted by molar-refractivity contribution is 6.42. The minimum absolute atomic E-state index is 0.0868. The molecule has 0 aliphatic carbocycles. The highest BCUT2D eigenvalue weighted by atomic mass is 35.5. The van der Waals surface area contributed by atoms with Crippen LogP contribution >= 0.6 is 23.2 Å². The molecule has 0 aliphatic heterocycles. The Kier molecular flexibility index (Phi) is 1.70. The second kappa shape index (κ2) is 2.61. The number of nitrogens with zero attached hydrogens (tertiary/aromatic N) is 1. The Hall–Kier alpha value is -0.800. The van der Waals surface area contributed by atoms with Gasteiger partial charge in [0.15, 0.2) is 5.82 Å². The number of benzene rings is 1. The van der Waals surface area contributed by atoms with E-state index in [9.17, 15) is 4.39 Å². The molecule has 62 valence electrons. The van der Waals surface area contributed by atoms with E-state index in [1.165, 1.54) is 12.4 Å². The molecule has 0 radical (unpaired) electrons. The molecule has 0 atom stereocenters. The van der Waals surface area contributed by atoms with Crippen molar-refractivity contribution in [3.63, 3.8) is 0 Å². The number of rotatable bonds is 0. The van der Waals surface area contributed by atoms with E-state index in [2.05, 4.69) is 9.97 Å². The molecule has 2 rings (SSSR count). The van der Waals surface area contributed by atoms with Crippen molar-refractivity contribution in [1.29, 1.82) is 0 Å². The highest BCUT2D eigenvalue weighted by Gasteiger charge is 2.11. The predicted molar refractivity (Wildman–Crippen MR) is 46.1 cm³/mol. The summed E-state index contributed by atoms with van der Waals surface area (Å²) in [4.78, 5) is 6.48. The summed E-state index contributed by atoms with van der Waals surface area (Å²) in [6.07, 6.45) is 1.39. The first-order valence-electron chi connectivity index (χ1n) is 3.16. The molecule has 5 heteroatoms. The van der Waals surface area contributed by atoms with Crippen LogP contribution in [0.1, 0.15) is 0 Å². The van der Waals surface area contributed by atoms with Crippen molar-refractivity contribution >= 4 is 34.2 Å². The molecule has 0 fully saturated rings. The molecule has 1 aromatic heterocycles. The molecule has 1 heterocycles. The van der Waals surface area contributed by atoms with Crippen LogP contribution in [-0.2, 0) is 0 Å². The van der Waals surface area contributed by atoms with Gasteiger partial charge >= 0.3 is 0 Å². The van der Waals surface area contributed by atoms with E-state index in [4.69, 9.17) is 23.2 Å². The molecule has 0 aliphatic rings. The molecule has 1 N–H and O–H groups in total. The number of halogens is 3. The van der Waals surface area contributed by atoms with Crippen molar-refractivity contribution in [3.8, 4) is 0 Å². The van der Waals surface area contributed by atoms with Crippen LogP contribution in [0.15, 0.2) is 12.4 Å². The summed E-state index contributed by atoms with van der Waals surface area (Å²) in [7, 11) is 0. The van der Waals surface area contributed by atoms with Gasteiger partial charge in [0.2, 0.25) is 0 Å². The van der Waals surface area contributed by atoms with Gasteiger partial charge in [0, 0.05) is 0 Å². The summed E-state index contributed by atoms with van der Waals surface area (Å²) in [6, 6.07) is 1.54. The summed E-state index contributed by atoms with van der Waals surface area (Å²) in [5.74, 6) is -0.583. The van der Waals surface area contributed by atoms with Gasteiger partial charge in [0.1, 0.15) is 5.52 Å². The van der Waals surface area contributed by atoms with Crippen LogP contribution in [0.3, 0.4) is 0 Å². The lowest BCUT2D eigenvalue weighted by Crippen LogP contribution is -1.81. The van der Waals surface area contributed by atoms with E-state index < -0.39 is 5.82 Å². The molecule has 0 saturated heterocycles. The Bertz CT molecular complexity index is 438. The van der Waals surface area contributed by atoms with Crippen LogP contribution in [0.25, 0.3) is 11.0 Å². The highest BCUT2D eigenvalue weighted by Crippen LogP contribution is 2.29. The Morgan fingerprint density at radius 3 is 2.92 bits per heavy atom. The van der Waals surface area contributed by atoms with Crippen LogP contribution in [0.5, 0.6) is 0 Å². The molecular weight excluding hydrogens is 202 g/mol. The van der Waals surface area contributed by atoms with Crippen LogP contribution < -0.4 is 0 Å². The van der Waals surface area contributed by atoms with Gasteiger partial charge in [-0.2, -0.15) is 0 Å². The number of fused-ring (bicyclic) bond motifs is 1. The third-order valence-electron chi connectivity index (χ3n) is 1.55. The Morgan fingerprint density at radius 2 is 2.17 bits per heavy atom. The van der Waals surface area contributed by atoms with Gasteiger partial charge in [-0.25, -0.2) is 9.37 Å². The van der Waals surface area contributed by atoms with E-state index >= 15 is 0 Å². The molecule has 2 aromatic rings. The van der Waals surface area contributed by atoms with Gasteiger partial charge in [-0.3, -0.25) is 0 Å². The van der Waals surface area contributed by atoms with Crippen molar-refractivity contribution in [2.75, 3.05) is 0 Å². The molecule has 0 unspecified atom stereocenters. The van der Waals surface area contributed by atoms with E-state index in [0.29, 0.717) is 5.52 Å². The van der Waals surface area contributed by atoms with E-state index in [1.807, 2.05) is 0 Å².